The highest BCUT2D eigenvalue weighted by molar-refractivity contribution is 7.92. The van der Waals surface area contributed by atoms with Gasteiger partial charge in [0.1, 0.15) is 12.2 Å². The van der Waals surface area contributed by atoms with E-state index in [1.807, 2.05) is 31.2 Å². The van der Waals surface area contributed by atoms with Crippen LogP contribution >= 0.6 is 23.2 Å². The number of nitrogens with zero attached hydrogens (tertiary/aromatic N) is 1. The Hall–Kier alpha value is -1.64. The molecule has 4 atom stereocenters. The molecule has 1 aliphatic rings. The molecule has 2 aromatic rings. The molecule has 2 aromatic carbocycles. The summed E-state index contributed by atoms with van der Waals surface area (Å²) in [5.74, 6) is -0.487. The molecule has 1 amide bonds. The van der Waals surface area contributed by atoms with E-state index in [0.29, 0.717) is 16.5 Å². The molecule has 0 aliphatic carbocycles. The lowest BCUT2D eigenvalue weighted by molar-refractivity contribution is -0.177. The molecule has 186 valence electrons. The van der Waals surface area contributed by atoms with E-state index in [4.69, 9.17) is 33.7 Å². The molecule has 0 radical (unpaired) electrons. The number of ether oxygens (including phenoxy) is 1. The molecular formula is C25H32Cl2N2O4S. The second-order valence-electron chi connectivity index (χ2n) is 9.53. The molecule has 1 fully saturated rings. The smallest absolute Gasteiger partial charge is 0.253 e. The van der Waals surface area contributed by atoms with Crippen LogP contribution < -0.4 is 5.73 Å². The minimum absolute atomic E-state index is 0.0256. The van der Waals surface area contributed by atoms with Crippen LogP contribution in [0.15, 0.2) is 48.5 Å². The van der Waals surface area contributed by atoms with Crippen molar-refractivity contribution in [3.63, 3.8) is 0 Å². The number of hydrogen-bond donors (Lipinski definition) is 1. The van der Waals surface area contributed by atoms with Crippen LogP contribution in [0.2, 0.25) is 10.0 Å². The Balaban J connectivity index is 2.18. The van der Waals surface area contributed by atoms with Crippen LogP contribution in [-0.4, -0.2) is 48.4 Å². The number of carbonyl (C=O) groups excluding carboxylic acids is 1. The van der Waals surface area contributed by atoms with E-state index in [1.165, 1.54) is 0 Å². The molecule has 0 spiro atoms. The first-order valence-electron chi connectivity index (χ1n) is 11.3. The summed E-state index contributed by atoms with van der Waals surface area (Å²) in [6.07, 6.45) is -1.05. The van der Waals surface area contributed by atoms with E-state index in [9.17, 15) is 13.2 Å². The number of nitrogens with two attached hydrogens (primary N) is 1. The third-order valence-corrected chi connectivity index (χ3v) is 9.42. The van der Waals surface area contributed by atoms with Gasteiger partial charge in [-0.3, -0.25) is 4.79 Å². The van der Waals surface area contributed by atoms with Gasteiger partial charge in [0.2, 0.25) is 0 Å². The molecule has 1 heterocycles. The second-order valence-corrected chi connectivity index (χ2v) is 13.2. The van der Waals surface area contributed by atoms with Gasteiger partial charge in [0.05, 0.1) is 16.5 Å². The molecule has 0 aromatic heterocycles. The van der Waals surface area contributed by atoms with Crippen LogP contribution in [0.1, 0.15) is 57.4 Å². The van der Waals surface area contributed by atoms with Gasteiger partial charge in [-0.25, -0.2) is 8.42 Å². The Kier molecular flexibility index (Phi) is 8.36. The Bertz CT molecular complexity index is 1120. The van der Waals surface area contributed by atoms with E-state index in [-0.39, 0.29) is 18.2 Å². The highest BCUT2D eigenvalue weighted by atomic mass is 35.5. The predicted molar refractivity (Wildman–Crippen MR) is 137 cm³/mol. The molecular weight excluding hydrogens is 495 g/mol. The van der Waals surface area contributed by atoms with Gasteiger partial charge < -0.3 is 15.4 Å². The summed E-state index contributed by atoms with van der Waals surface area (Å²) in [4.78, 5) is 15.3. The quantitative estimate of drug-likeness (QED) is 0.550. The first-order valence-corrected chi connectivity index (χ1v) is 13.7. The van der Waals surface area contributed by atoms with E-state index in [1.54, 1.807) is 49.9 Å². The summed E-state index contributed by atoms with van der Waals surface area (Å²) >= 11 is 12.4. The summed E-state index contributed by atoms with van der Waals surface area (Å²) in [5, 5.41) is 1.09. The summed E-state index contributed by atoms with van der Waals surface area (Å²) in [6, 6.07) is 13.3. The average Bonchev–Trinajstić information content (AvgIpc) is 2.77. The van der Waals surface area contributed by atoms with E-state index < -0.39 is 38.9 Å². The Morgan fingerprint density at radius 3 is 2.24 bits per heavy atom. The summed E-state index contributed by atoms with van der Waals surface area (Å²) in [6.45, 7) is 6.87. The zero-order valence-corrected chi connectivity index (χ0v) is 22.2. The highest BCUT2D eigenvalue weighted by Crippen LogP contribution is 2.44. The lowest BCUT2D eigenvalue weighted by atomic mass is 9.90. The molecule has 1 aliphatic heterocycles. The lowest BCUT2D eigenvalue weighted by Crippen LogP contribution is -2.58. The SMILES string of the molecule is CCC(CS(=O)(=O)C(C)(C)C)N1C(=O)[C@@H](CN)O[C@H](c2cccc(Cl)c2)[C@H]1c1ccc(Cl)cc1. The Morgan fingerprint density at radius 2 is 1.71 bits per heavy atom. The molecule has 0 bridgehead atoms. The van der Waals surface area contributed by atoms with Gasteiger partial charge in [0.25, 0.3) is 5.91 Å². The number of carbonyl (C=O) groups is 1. The van der Waals surface area contributed by atoms with Crippen molar-refractivity contribution in [2.24, 2.45) is 5.73 Å². The van der Waals surface area contributed by atoms with E-state index >= 15 is 0 Å². The van der Waals surface area contributed by atoms with Gasteiger partial charge in [0.15, 0.2) is 9.84 Å². The molecule has 1 unspecified atom stereocenters. The molecule has 9 heteroatoms. The average molecular weight is 528 g/mol. The summed E-state index contributed by atoms with van der Waals surface area (Å²) in [5.41, 5.74) is 7.49. The number of hydrogen-bond acceptors (Lipinski definition) is 5. The number of halogens is 2. The number of morpholine rings is 1. The maximum atomic E-state index is 13.7. The lowest BCUT2D eigenvalue weighted by Gasteiger charge is -2.48. The van der Waals surface area contributed by atoms with Gasteiger partial charge in [-0.05, 0) is 62.6 Å². The number of benzene rings is 2. The van der Waals surface area contributed by atoms with Gasteiger partial charge in [-0.2, -0.15) is 0 Å². The van der Waals surface area contributed by atoms with Gasteiger partial charge in [-0.1, -0.05) is 54.4 Å². The maximum absolute atomic E-state index is 13.7. The van der Waals surface area contributed by atoms with Gasteiger partial charge >= 0.3 is 0 Å². The van der Waals surface area contributed by atoms with Crippen molar-refractivity contribution < 1.29 is 17.9 Å². The first kappa shape index (κ1) is 27.0. The molecule has 3 rings (SSSR count). The van der Waals surface area contributed by atoms with E-state index in [0.717, 1.165) is 11.1 Å². The largest absolute Gasteiger partial charge is 0.357 e. The molecule has 0 saturated carbocycles. The molecule has 1 saturated heterocycles. The molecule has 6 nitrogen and oxygen atoms in total. The van der Waals surface area contributed by atoms with Crippen LogP contribution in [0.5, 0.6) is 0 Å². The monoisotopic (exact) mass is 526 g/mol. The number of amides is 1. The summed E-state index contributed by atoms with van der Waals surface area (Å²) in [7, 11) is -3.52. The predicted octanol–water partition coefficient (Wildman–Crippen LogP) is 4.95. The van der Waals surface area contributed by atoms with Crippen molar-refractivity contribution in [3.8, 4) is 0 Å². The van der Waals surface area contributed by atoms with Crippen molar-refractivity contribution in [2.75, 3.05) is 12.3 Å². The third-order valence-electron chi connectivity index (χ3n) is 6.24. The van der Waals surface area contributed by atoms with Gasteiger partial charge in [-0.15, -0.1) is 0 Å². The zero-order chi connectivity index (χ0) is 25.3. The normalized spacial score (nSPS) is 22.6. The van der Waals surface area contributed by atoms with Crippen molar-refractivity contribution in [3.05, 3.63) is 69.7 Å². The second kappa shape index (κ2) is 10.5. The fourth-order valence-electron chi connectivity index (χ4n) is 4.16. The Morgan fingerprint density at radius 1 is 1.06 bits per heavy atom. The van der Waals surface area contributed by atoms with Crippen LogP contribution in [0, 0.1) is 0 Å². The fraction of sp³-hybridized carbons (Fsp3) is 0.480. The fourth-order valence-corrected chi connectivity index (χ4v) is 5.89. The zero-order valence-electron chi connectivity index (χ0n) is 19.9. The number of rotatable bonds is 7. The van der Waals surface area contributed by atoms with E-state index in [2.05, 4.69) is 0 Å². The topological polar surface area (TPSA) is 89.7 Å². The minimum atomic E-state index is -3.52. The third kappa shape index (κ3) is 5.60. The van der Waals surface area contributed by atoms with Crippen LogP contribution in [0.3, 0.4) is 0 Å². The van der Waals surface area contributed by atoms with Crippen molar-refractivity contribution >= 4 is 38.9 Å². The van der Waals surface area contributed by atoms with Crippen molar-refractivity contribution in [2.45, 2.75) is 63.2 Å². The van der Waals surface area contributed by atoms with Gasteiger partial charge in [0, 0.05) is 22.6 Å². The van der Waals surface area contributed by atoms with Crippen LogP contribution in [0.4, 0.5) is 0 Å². The standard InChI is InChI=1S/C25H32Cl2N2O4S/c1-5-20(15-34(31,32)25(2,3)4)29-22(16-9-11-18(26)12-10-16)23(33-21(14-28)24(29)30)17-7-6-8-19(27)13-17/h6-13,20-23H,5,14-15,28H2,1-4H3/t20?,21-,22-,23-/m1/s1. The molecule has 2 N–H and O–H groups in total. The minimum Gasteiger partial charge on any atom is -0.357 e. The van der Waals surface area contributed by atoms with Crippen molar-refractivity contribution in [1.29, 1.82) is 0 Å². The van der Waals surface area contributed by atoms with Crippen LogP contribution in [0.25, 0.3) is 0 Å². The highest BCUT2D eigenvalue weighted by Gasteiger charge is 2.47. The summed E-state index contributed by atoms with van der Waals surface area (Å²) < 4.78 is 31.7. The maximum Gasteiger partial charge on any atom is 0.253 e. The Labute approximate surface area is 212 Å². The number of sulfone groups is 1. The molecule has 34 heavy (non-hydrogen) atoms. The van der Waals surface area contributed by atoms with Crippen LogP contribution in [-0.2, 0) is 19.4 Å². The first-order chi connectivity index (χ1) is 15.9. The van der Waals surface area contributed by atoms with Crippen molar-refractivity contribution in [1.82, 2.24) is 4.90 Å².